The Balaban J connectivity index is 1.53. The lowest BCUT2D eigenvalue weighted by molar-refractivity contribution is -0.914. The molecular weight excluding hydrogens is 272 g/mol. The monoisotopic (exact) mass is 298 g/mol. The van der Waals surface area contributed by atoms with Crippen molar-refractivity contribution in [1.29, 1.82) is 0 Å². The molecule has 1 aliphatic heterocycles. The molecule has 1 fully saturated rings. The summed E-state index contributed by atoms with van der Waals surface area (Å²) in [4.78, 5) is 9.59. The van der Waals surface area contributed by atoms with E-state index >= 15 is 0 Å². The van der Waals surface area contributed by atoms with Crippen LogP contribution in [-0.4, -0.2) is 40.3 Å². The topological polar surface area (TPSA) is 25.1 Å². The van der Waals surface area contributed by atoms with Crippen molar-refractivity contribution in [3.63, 3.8) is 0 Å². The third-order valence-electron chi connectivity index (χ3n) is 4.41. The van der Waals surface area contributed by atoms with Gasteiger partial charge in [-0.3, -0.25) is 4.90 Å². The van der Waals surface area contributed by atoms with Gasteiger partial charge >= 0.3 is 0 Å². The van der Waals surface area contributed by atoms with Crippen molar-refractivity contribution in [2.24, 2.45) is 0 Å². The minimum absolute atomic E-state index is 1.12. The van der Waals surface area contributed by atoms with Gasteiger partial charge in [0.25, 0.3) is 5.82 Å². The number of pyridine rings is 1. The van der Waals surface area contributed by atoms with Crippen molar-refractivity contribution in [3.05, 3.63) is 54.2 Å². The summed E-state index contributed by atoms with van der Waals surface area (Å²) in [6.45, 7) is 5.74. The number of aromatic amines is 1. The maximum Gasteiger partial charge on any atom is 0.274 e. The molecule has 4 heteroatoms. The van der Waals surface area contributed by atoms with Crippen LogP contribution in [0.4, 0.5) is 11.5 Å². The van der Waals surface area contributed by atoms with Gasteiger partial charge in [0.1, 0.15) is 32.7 Å². The minimum atomic E-state index is 1.12. The highest BCUT2D eigenvalue weighted by atomic mass is 15.3. The maximum atomic E-state index is 3.33. The van der Waals surface area contributed by atoms with E-state index < -0.39 is 0 Å². The second kappa shape index (κ2) is 6.79. The van der Waals surface area contributed by atoms with Crippen LogP contribution in [0.25, 0.3) is 0 Å². The minimum Gasteiger partial charge on any atom is -0.378 e. The number of hydrogen-bond acceptors (Lipinski definition) is 2. The second-order valence-corrected chi connectivity index (χ2v) is 6.22. The van der Waals surface area contributed by atoms with Crippen LogP contribution in [0.3, 0.4) is 0 Å². The normalized spacial score (nSPS) is 15.8. The molecule has 2 heterocycles. The highest BCUT2D eigenvalue weighted by molar-refractivity contribution is 5.45. The predicted molar refractivity (Wildman–Crippen MR) is 90.4 cm³/mol. The largest absolute Gasteiger partial charge is 0.378 e. The Morgan fingerprint density at radius 1 is 1.05 bits per heavy atom. The van der Waals surface area contributed by atoms with Crippen LogP contribution in [0, 0.1) is 0 Å². The van der Waals surface area contributed by atoms with E-state index in [-0.39, 0.29) is 0 Å². The molecule has 0 atom stereocenters. The highest BCUT2D eigenvalue weighted by Crippen LogP contribution is 2.11. The summed E-state index contributed by atoms with van der Waals surface area (Å²) in [6, 6.07) is 15.2. The summed E-state index contributed by atoms with van der Waals surface area (Å²) in [5.74, 6) is 1.23. The third kappa shape index (κ3) is 3.57. The molecule has 22 heavy (non-hydrogen) atoms. The van der Waals surface area contributed by atoms with E-state index in [2.05, 4.69) is 65.3 Å². The van der Waals surface area contributed by atoms with Crippen molar-refractivity contribution >= 4 is 11.5 Å². The number of nitrogens with zero attached hydrogens (tertiary/aromatic N) is 2. The zero-order valence-corrected chi connectivity index (χ0v) is 13.5. The first-order valence-electron chi connectivity index (χ1n) is 8.04. The summed E-state index contributed by atoms with van der Waals surface area (Å²) < 4.78 is 0. The lowest BCUT2D eigenvalue weighted by atomic mass is 10.1. The average Bonchev–Trinajstić information content (AvgIpc) is 2.57. The molecule has 2 aromatic rings. The van der Waals surface area contributed by atoms with Crippen LogP contribution in [0.15, 0.2) is 48.7 Å². The van der Waals surface area contributed by atoms with Gasteiger partial charge in [0.15, 0.2) is 0 Å². The Labute approximate surface area is 133 Å². The number of aromatic nitrogens is 1. The first-order chi connectivity index (χ1) is 10.7. The van der Waals surface area contributed by atoms with E-state index in [9.17, 15) is 0 Å². The molecule has 0 radical (unpaired) electrons. The zero-order chi connectivity index (χ0) is 15.4. The lowest BCUT2D eigenvalue weighted by Crippen LogP contribution is -3.13. The van der Waals surface area contributed by atoms with Gasteiger partial charge < -0.3 is 9.80 Å². The zero-order valence-electron chi connectivity index (χ0n) is 13.5. The molecule has 3 rings (SSSR count). The lowest BCUT2D eigenvalue weighted by Gasteiger charge is -2.28. The van der Waals surface area contributed by atoms with Crippen LogP contribution in [0.5, 0.6) is 0 Å². The number of rotatable bonds is 4. The van der Waals surface area contributed by atoms with E-state index in [0.29, 0.717) is 0 Å². The smallest absolute Gasteiger partial charge is 0.274 e. The Kier molecular flexibility index (Phi) is 4.59. The molecule has 1 aromatic heterocycles. The molecule has 2 N–H and O–H groups in total. The highest BCUT2D eigenvalue weighted by Gasteiger charge is 2.25. The molecule has 1 aliphatic rings. The average molecular weight is 298 g/mol. The van der Waals surface area contributed by atoms with Gasteiger partial charge in [-0.25, -0.2) is 4.98 Å². The number of piperazine rings is 1. The molecule has 1 aromatic carbocycles. The van der Waals surface area contributed by atoms with Crippen molar-refractivity contribution in [3.8, 4) is 0 Å². The quantitative estimate of drug-likeness (QED) is 0.888. The molecule has 0 unspecified atom stereocenters. The Hall–Kier alpha value is -2.07. The summed E-state index contributed by atoms with van der Waals surface area (Å²) in [5, 5.41) is 0. The number of nitrogens with one attached hydrogen (secondary N) is 2. The third-order valence-corrected chi connectivity index (χ3v) is 4.41. The molecule has 0 amide bonds. The van der Waals surface area contributed by atoms with Gasteiger partial charge in [0.2, 0.25) is 0 Å². The molecule has 1 saturated heterocycles. The van der Waals surface area contributed by atoms with Crippen molar-refractivity contribution in [2.75, 3.05) is 50.1 Å². The molecule has 0 aliphatic carbocycles. The second-order valence-electron chi connectivity index (χ2n) is 6.22. The van der Waals surface area contributed by atoms with Crippen molar-refractivity contribution in [2.45, 2.75) is 6.54 Å². The Morgan fingerprint density at radius 2 is 1.77 bits per heavy atom. The number of H-pyrrole nitrogens is 1. The van der Waals surface area contributed by atoms with E-state index in [0.717, 1.165) is 19.6 Å². The van der Waals surface area contributed by atoms with Crippen molar-refractivity contribution in [1.82, 2.24) is 0 Å². The molecule has 4 nitrogen and oxygen atoms in total. The summed E-state index contributed by atoms with van der Waals surface area (Å²) in [5.41, 5.74) is 2.70. The fraction of sp³-hybridized carbons (Fsp3) is 0.389. The molecule has 0 bridgehead atoms. The SMILES string of the molecule is CN(C)c1ccc(C[NH+]2CCN(c3cccc[nH+]3)CC2)cc1. The molecule has 0 saturated carbocycles. The fourth-order valence-corrected chi connectivity index (χ4v) is 3.02. The number of anilines is 2. The summed E-state index contributed by atoms with van der Waals surface area (Å²) >= 11 is 0. The molecule has 0 spiro atoms. The van der Waals surface area contributed by atoms with Gasteiger partial charge in [0, 0.05) is 31.4 Å². The van der Waals surface area contributed by atoms with E-state index in [1.165, 1.54) is 30.2 Å². The summed E-state index contributed by atoms with van der Waals surface area (Å²) in [7, 11) is 4.17. The van der Waals surface area contributed by atoms with Gasteiger partial charge in [-0.05, 0) is 18.2 Å². The summed E-state index contributed by atoms with van der Waals surface area (Å²) in [6.07, 6.45) is 2.00. The van der Waals surface area contributed by atoms with Gasteiger partial charge in [-0.15, -0.1) is 0 Å². The molecule has 116 valence electrons. The van der Waals surface area contributed by atoms with E-state index in [1.54, 1.807) is 4.90 Å². The first kappa shape index (κ1) is 14.9. The fourth-order valence-electron chi connectivity index (χ4n) is 3.02. The van der Waals surface area contributed by atoms with Crippen LogP contribution in [0.1, 0.15) is 5.56 Å². The van der Waals surface area contributed by atoms with E-state index in [1.807, 2.05) is 12.3 Å². The van der Waals surface area contributed by atoms with Crippen LogP contribution in [-0.2, 0) is 6.54 Å². The standard InChI is InChI=1S/C18H24N4/c1-20(2)17-8-6-16(7-9-17)15-21-11-13-22(14-12-21)18-5-3-4-10-19-18/h3-10H,11-15H2,1-2H3/p+2. The number of hydrogen-bond donors (Lipinski definition) is 1. The maximum absolute atomic E-state index is 3.33. The van der Waals surface area contributed by atoms with Gasteiger partial charge in [-0.2, -0.15) is 0 Å². The van der Waals surface area contributed by atoms with Crippen LogP contribution in [0.2, 0.25) is 0 Å². The van der Waals surface area contributed by atoms with Gasteiger partial charge in [-0.1, -0.05) is 18.2 Å². The van der Waals surface area contributed by atoms with Gasteiger partial charge in [0.05, 0.1) is 6.20 Å². The van der Waals surface area contributed by atoms with Crippen molar-refractivity contribution < 1.29 is 9.88 Å². The number of quaternary nitrogens is 1. The van der Waals surface area contributed by atoms with Crippen LogP contribution >= 0.6 is 0 Å². The van der Waals surface area contributed by atoms with Crippen LogP contribution < -0.4 is 19.7 Å². The predicted octanol–water partition coefficient (Wildman–Crippen LogP) is 0.472. The Morgan fingerprint density at radius 3 is 2.36 bits per heavy atom. The Bertz CT molecular complexity index is 572. The van der Waals surface area contributed by atoms with E-state index in [4.69, 9.17) is 0 Å². The first-order valence-corrected chi connectivity index (χ1v) is 8.04. The number of benzene rings is 1. The molecular formula is C18H26N4+2.